The van der Waals surface area contributed by atoms with Crippen molar-refractivity contribution >= 4 is 23.5 Å². The summed E-state index contributed by atoms with van der Waals surface area (Å²) in [5.41, 5.74) is 0.427. The second-order valence-electron chi connectivity index (χ2n) is 11.4. The molecule has 8 nitrogen and oxygen atoms in total. The van der Waals surface area contributed by atoms with Gasteiger partial charge >= 0.3 is 5.97 Å². The molecule has 212 valence electrons. The summed E-state index contributed by atoms with van der Waals surface area (Å²) in [6.07, 6.45) is 4.72. The summed E-state index contributed by atoms with van der Waals surface area (Å²) in [7, 11) is 0. The van der Waals surface area contributed by atoms with Crippen LogP contribution in [0.1, 0.15) is 51.2 Å². The Morgan fingerprint density at radius 2 is 1.95 bits per heavy atom. The minimum atomic E-state index is -1.22. The summed E-state index contributed by atoms with van der Waals surface area (Å²) < 4.78 is 12.4. The van der Waals surface area contributed by atoms with Gasteiger partial charge in [-0.25, -0.2) is 0 Å². The van der Waals surface area contributed by atoms with Crippen LogP contribution in [0, 0.1) is 31.6 Å². The number of hydrogen-bond acceptors (Lipinski definition) is 6. The van der Waals surface area contributed by atoms with Gasteiger partial charge in [0.1, 0.15) is 17.6 Å². The van der Waals surface area contributed by atoms with Crippen LogP contribution in [0.5, 0.6) is 0 Å². The molecule has 2 amide bonds. The highest BCUT2D eigenvalue weighted by molar-refractivity contribution is 6.05. The molecule has 3 fully saturated rings. The molecule has 0 aromatic heterocycles. The van der Waals surface area contributed by atoms with E-state index in [-0.39, 0.29) is 37.5 Å². The Morgan fingerprint density at radius 3 is 2.51 bits per heavy atom. The number of ether oxygens (including phenoxy) is 2. The molecular formula is C31H42N2O6. The molecule has 1 spiro atoms. The molecule has 1 aromatic carbocycles. The molecule has 3 heterocycles. The highest BCUT2D eigenvalue weighted by Gasteiger charge is 2.80. The SMILES string of the molecule is C=CCCOC(=O)[C@@H]1[C@H]2C(=O)N([C@@H](CC)CO)C(C(=O)N(CC=C)c3c(C)cccc3C)C23CC(C)[C@@]1(C)O3. The third-order valence-electron chi connectivity index (χ3n) is 9.17. The van der Waals surface area contributed by atoms with Crippen LogP contribution >= 0.6 is 0 Å². The normalized spacial score (nSPS) is 31.6. The lowest BCUT2D eigenvalue weighted by atomic mass is 9.62. The number of esters is 1. The lowest BCUT2D eigenvalue weighted by molar-refractivity contribution is -0.162. The van der Waals surface area contributed by atoms with Gasteiger partial charge in [-0.2, -0.15) is 0 Å². The number of carbonyl (C=O) groups is 3. The number of hydrogen-bond donors (Lipinski definition) is 1. The topological polar surface area (TPSA) is 96.4 Å². The maximum absolute atomic E-state index is 14.8. The van der Waals surface area contributed by atoms with Crippen molar-refractivity contribution in [3.63, 3.8) is 0 Å². The van der Waals surface area contributed by atoms with E-state index in [0.717, 1.165) is 16.8 Å². The number of nitrogens with zero attached hydrogens (tertiary/aromatic N) is 2. The van der Waals surface area contributed by atoms with Crippen molar-refractivity contribution in [1.29, 1.82) is 0 Å². The largest absolute Gasteiger partial charge is 0.465 e. The number of benzene rings is 1. The Morgan fingerprint density at radius 1 is 1.28 bits per heavy atom. The monoisotopic (exact) mass is 538 g/mol. The molecule has 8 heteroatoms. The molecule has 2 bridgehead atoms. The van der Waals surface area contributed by atoms with Gasteiger partial charge in [-0.1, -0.05) is 44.2 Å². The van der Waals surface area contributed by atoms with E-state index in [1.165, 1.54) is 4.90 Å². The fourth-order valence-corrected chi connectivity index (χ4v) is 7.25. The fraction of sp³-hybridized carbons (Fsp3) is 0.581. The molecule has 3 aliphatic rings. The van der Waals surface area contributed by atoms with Crippen LogP contribution in [0.15, 0.2) is 43.5 Å². The van der Waals surface area contributed by atoms with Crippen molar-refractivity contribution in [1.82, 2.24) is 4.90 Å². The average molecular weight is 539 g/mol. The molecule has 0 radical (unpaired) electrons. The van der Waals surface area contributed by atoms with E-state index < -0.39 is 41.1 Å². The zero-order valence-electron chi connectivity index (χ0n) is 23.8. The first kappa shape index (κ1) is 29.0. The fourth-order valence-electron chi connectivity index (χ4n) is 7.25. The lowest BCUT2D eigenvalue weighted by Gasteiger charge is -2.40. The van der Waals surface area contributed by atoms with Crippen LogP contribution < -0.4 is 4.90 Å². The second-order valence-corrected chi connectivity index (χ2v) is 11.4. The zero-order valence-corrected chi connectivity index (χ0v) is 23.8. The number of amides is 2. The molecule has 1 N–H and O–H groups in total. The molecule has 3 unspecified atom stereocenters. The Bertz CT molecular complexity index is 1140. The first-order valence-electron chi connectivity index (χ1n) is 13.9. The number of likely N-dealkylation sites (tertiary alicyclic amines) is 1. The molecular weight excluding hydrogens is 496 g/mol. The predicted octanol–water partition coefficient (Wildman–Crippen LogP) is 3.72. The molecule has 1 aromatic rings. The van der Waals surface area contributed by atoms with Crippen LogP contribution in [0.3, 0.4) is 0 Å². The number of carbonyl (C=O) groups excluding carboxylic acids is 3. The maximum Gasteiger partial charge on any atom is 0.312 e. The Labute approximate surface area is 231 Å². The van der Waals surface area contributed by atoms with E-state index in [2.05, 4.69) is 13.2 Å². The van der Waals surface area contributed by atoms with Gasteiger partial charge in [0.05, 0.1) is 30.8 Å². The van der Waals surface area contributed by atoms with Crippen LogP contribution in [-0.2, 0) is 23.9 Å². The van der Waals surface area contributed by atoms with Gasteiger partial charge in [-0.05, 0) is 57.1 Å². The Hall–Kier alpha value is -2.97. The Kier molecular flexibility index (Phi) is 8.11. The minimum absolute atomic E-state index is 0.101. The third-order valence-corrected chi connectivity index (χ3v) is 9.17. The standard InChI is InChI=1S/C31H42N2O6/c1-8-11-16-38-29(37)24-23-27(35)33(22(10-3)18-34)26(31(23)17-21(6)30(24,7)39-31)28(36)32(15-9-2)25-19(4)13-12-14-20(25)5/h8-9,12-14,21-24,26,34H,1-2,10-11,15-18H2,3-7H3/t21?,22-,23-,24-,26?,30+,31?/m0/s1. The van der Waals surface area contributed by atoms with Crippen LogP contribution in [-0.4, -0.2) is 70.8 Å². The van der Waals surface area contributed by atoms with Gasteiger partial charge in [0.15, 0.2) is 0 Å². The quantitative estimate of drug-likeness (QED) is 0.262. The van der Waals surface area contributed by atoms with Crippen LogP contribution in [0.25, 0.3) is 0 Å². The number of aliphatic hydroxyl groups excluding tert-OH is 1. The summed E-state index contributed by atoms with van der Waals surface area (Å²) in [4.78, 5) is 45.8. The molecule has 39 heavy (non-hydrogen) atoms. The van der Waals surface area contributed by atoms with Gasteiger partial charge in [0, 0.05) is 12.2 Å². The molecule has 0 saturated carbocycles. The average Bonchev–Trinajstić information content (AvgIpc) is 3.41. The number of para-hydroxylation sites is 1. The number of fused-ring (bicyclic) bond motifs is 1. The van der Waals surface area contributed by atoms with Gasteiger partial charge < -0.3 is 24.4 Å². The second kappa shape index (κ2) is 10.9. The van der Waals surface area contributed by atoms with E-state index in [9.17, 15) is 19.5 Å². The van der Waals surface area contributed by atoms with Gasteiger partial charge in [0.25, 0.3) is 5.91 Å². The number of aliphatic hydroxyl groups is 1. The van der Waals surface area contributed by atoms with E-state index in [1.54, 1.807) is 17.1 Å². The summed E-state index contributed by atoms with van der Waals surface area (Å²) >= 11 is 0. The number of rotatable bonds is 11. The molecule has 3 aliphatic heterocycles. The Balaban J connectivity index is 1.87. The summed E-state index contributed by atoms with van der Waals surface area (Å²) in [6.45, 7) is 17.3. The number of aryl methyl sites for hydroxylation is 2. The van der Waals surface area contributed by atoms with E-state index >= 15 is 0 Å². The first-order valence-corrected chi connectivity index (χ1v) is 13.9. The van der Waals surface area contributed by atoms with Crippen LogP contribution in [0.4, 0.5) is 5.69 Å². The molecule has 0 aliphatic carbocycles. The maximum atomic E-state index is 14.8. The van der Waals surface area contributed by atoms with Gasteiger partial charge in [-0.3, -0.25) is 14.4 Å². The summed E-state index contributed by atoms with van der Waals surface area (Å²) in [6, 6.07) is 4.22. The van der Waals surface area contributed by atoms with Crippen molar-refractivity contribution in [3.05, 3.63) is 54.6 Å². The van der Waals surface area contributed by atoms with Crippen molar-refractivity contribution in [2.24, 2.45) is 17.8 Å². The summed E-state index contributed by atoms with van der Waals surface area (Å²) in [5, 5.41) is 10.3. The zero-order chi connectivity index (χ0) is 28.7. The lowest BCUT2D eigenvalue weighted by Crippen LogP contribution is -2.59. The van der Waals surface area contributed by atoms with E-state index in [4.69, 9.17) is 9.47 Å². The number of anilines is 1. The highest BCUT2D eigenvalue weighted by Crippen LogP contribution is 2.65. The van der Waals surface area contributed by atoms with Crippen LogP contribution in [0.2, 0.25) is 0 Å². The van der Waals surface area contributed by atoms with Crippen molar-refractivity contribution in [3.8, 4) is 0 Å². The summed E-state index contributed by atoms with van der Waals surface area (Å²) in [5.74, 6) is -2.97. The molecule has 4 rings (SSSR count). The third kappa shape index (κ3) is 4.32. The van der Waals surface area contributed by atoms with E-state index in [1.807, 2.05) is 52.8 Å². The highest BCUT2D eigenvalue weighted by atomic mass is 16.6. The van der Waals surface area contributed by atoms with E-state index in [0.29, 0.717) is 19.3 Å². The molecule has 7 atom stereocenters. The van der Waals surface area contributed by atoms with Crippen molar-refractivity contribution in [2.75, 3.05) is 24.7 Å². The van der Waals surface area contributed by atoms with Crippen molar-refractivity contribution < 1.29 is 29.0 Å². The predicted molar refractivity (Wildman–Crippen MR) is 149 cm³/mol. The molecule has 3 saturated heterocycles. The van der Waals surface area contributed by atoms with Gasteiger partial charge in [-0.15, -0.1) is 13.2 Å². The van der Waals surface area contributed by atoms with Crippen molar-refractivity contribution in [2.45, 2.75) is 77.2 Å². The first-order chi connectivity index (χ1) is 18.5. The smallest absolute Gasteiger partial charge is 0.312 e. The van der Waals surface area contributed by atoms with Gasteiger partial charge in [0.2, 0.25) is 5.91 Å². The minimum Gasteiger partial charge on any atom is -0.465 e.